The topological polar surface area (TPSA) is 66.9 Å². The van der Waals surface area contributed by atoms with Crippen LogP contribution < -0.4 is 10.6 Å². The number of carbonyl (C=O) groups is 1. The van der Waals surface area contributed by atoms with Gasteiger partial charge in [0.05, 0.1) is 5.69 Å². The molecule has 0 saturated heterocycles. The zero-order chi connectivity index (χ0) is 14.9. The van der Waals surface area contributed by atoms with E-state index in [1.807, 2.05) is 19.1 Å². The van der Waals surface area contributed by atoms with Crippen LogP contribution in [0, 0.1) is 12.8 Å². The first kappa shape index (κ1) is 15.7. The lowest BCUT2D eigenvalue weighted by Gasteiger charge is -2.20. The number of hydrogen-bond donors (Lipinski definition) is 2. The highest BCUT2D eigenvalue weighted by Crippen LogP contribution is 2.27. The molecule has 0 unspecified atom stereocenters. The molecule has 5 heteroatoms. The predicted molar refractivity (Wildman–Crippen MR) is 84.1 cm³/mol. The first-order valence-electron chi connectivity index (χ1n) is 8.05. The molecule has 0 atom stereocenters. The fraction of sp³-hybridized carbons (Fsp3) is 0.688. The Hall–Kier alpha value is -1.65. The lowest BCUT2D eigenvalue weighted by Crippen LogP contribution is -2.29. The normalized spacial score (nSPS) is 15.7. The molecule has 116 valence electrons. The lowest BCUT2D eigenvalue weighted by molar-refractivity contribution is -0.121. The minimum atomic E-state index is 0.164. The summed E-state index contributed by atoms with van der Waals surface area (Å²) in [5.74, 6) is 1.68. The monoisotopic (exact) mass is 290 g/mol. The maximum atomic E-state index is 11.8. The van der Waals surface area contributed by atoms with Crippen molar-refractivity contribution in [3.63, 3.8) is 0 Å². The number of amides is 1. The Morgan fingerprint density at radius 1 is 1.19 bits per heavy atom. The molecule has 0 aliphatic heterocycles. The highest BCUT2D eigenvalue weighted by Gasteiger charge is 2.14. The van der Waals surface area contributed by atoms with Crippen molar-refractivity contribution in [1.29, 1.82) is 0 Å². The fourth-order valence-corrected chi connectivity index (χ4v) is 2.79. The highest BCUT2D eigenvalue weighted by atomic mass is 16.1. The zero-order valence-electron chi connectivity index (χ0n) is 12.9. The number of aryl methyl sites for hydroxylation is 1. The third kappa shape index (κ3) is 6.10. The van der Waals surface area contributed by atoms with Gasteiger partial charge in [-0.2, -0.15) is 5.10 Å². The van der Waals surface area contributed by atoms with Crippen LogP contribution in [0.15, 0.2) is 12.1 Å². The summed E-state index contributed by atoms with van der Waals surface area (Å²) in [6.45, 7) is 3.20. The van der Waals surface area contributed by atoms with Crippen LogP contribution in [0.5, 0.6) is 0 Å². The largest absolute Gasteiger partial charge is 0.367 e. The molecule has 1 aliphatic rings. The Bertz CT molecular complexity index is 426. The molecule has 5 nitrogen and oxygen atoms in total. The third-order valence-electron chi connectivity index (χ3n) is 4.06. The minimum absolute atomic E-state index is 0.164. The van der Waals surface area contributed by atoms with E-state index in [0.717, 1.165) is 23.9 Å². The van der Waals surface area contributed by atoms with Crippen molar-refractivity contribution in [3.05, 3.63) is 17.8 Å². The molecular weight excluding hydrogens is 264 g/mol. The van der Waals surface area contributed by atoms with Crippen molar-refractivity contribution in [2.75, 3.05) is 18.4 Å². The van der Waals surface area contributed by atoms with E-state index in [1.165, 1.54) is 32.1 Å². The molecule has 1 amide bonds. The van der Waals surface area contributed by atoms with Crippen LogP contribution >= 0.6 is 0 Å². The molecular formula is C16H26N4O. The first-order valence-corrected chi connectivity index (χ1v) is 8.05. The molecule has 0 aromatic carbocycles. The van der Waals surface area contributed by atoms with Crippen LogP contribution in [-0.2, 0) is 4.79 Å². The molecule has 0 spiro atoms. The molecule has 1 aromatic rings. The number of nitrogens with zero attached hydrogens (tertiary/aromatic N) is 2. The SMILES string of the molecule is Cc1ccc(NCCNC(=O)CCC2CCCCC2)nn1. The summed E-state index contributed by atoms with van der Waals surface area (Å²) in [5, 5.41) is 14.1. The Morgan fingerprint density at radius 3 is 2.71 bits per heavy atom. The van der Waals surface area contributed by atoms with Gasteiger partial charge in [-0.05, 0) is 31.4 Å². The quantitative estimate of drug-likeness (QED) is 0.758. The standard InChI is InChI=1S/C16H26N4O/c1-13-7-9-15(20-19-13)17-11-12-18-16(21)10-8-14-5-3-2-4-6-14/h7,9,14H,2-6,8,10-12H2,1H3,(H,17,20)(H,18,21). The Kier molecular flexibility index (Phi) is 6.44. The van der Waals surface area contributed by atoms with E-state index in [0.29, 0.717) is 19.5 Å². The molecule has 1 aliphatic carbocycles. The number of nitrogens with one attached hydrogen (secondary N) is 2. The fourth-order valence-electron chi connectivity index (χ4n) is 2.79. The summed E-state index contributed by atoms with van der Waals surface area (Å²) >= 11 is 0. The van der Waals surface area contributed by atoms with E-state index in [4.69, 9.17) is 0 Å². The van der Waals surface area contributed by atoms with E-state index in [1.54, 1.807) is 0 Å². The van der Waals surface area contributed by atoms with Crippen molar-refractivity contribution < 1.29 is 4.79 Å². The number of carbonyl (C=O) groups excluding carboxylic acids is 1. The van der Waals surface area contributed by atoms with Crippen molar-refractivity contribution in [1.82, 2.24) is 15.5 Å². The summed E-state index contributed by atoms with van der Waals surface area (Å²) in [6, 6.07) is 3.81. The van der Waals surface area contributed by atoms with Crippen LogP contribution in [0.1, 0.15) is 50.6 Å². The molecule has 1 saturated carbocycles. The maximum Gasteiger partial charge on any atom is 0.220 e. The van der Waals surface area contributed by atoms with Crippen LogP contribution in [-0.4, -0.2) is 29.2 Å². The average molecular weight is 290 g/mol. The van der Waals surface area contributed by atoms with Gasteiger partial charge in [-0.3, -0.25) is 4.79 Å². The van der Waals surface area contributed by atoms with Crippen LogP contribution in [0.3, 0.4) is 0 Å². The second-order valence-electron chi connectivity index (χ2n) is 5.88. The first-order chi connectivity index (χ1) is 10.2. The average Bonchev–Trinajstić information content (AvgIpc) is 2.52. The van der Waals surface area contributed by atoms with Crippen molar-refractivity contribution in [2.45, 2.75) is 51.9 Å². The molecule has 1 fully saturated rings. The number of rotatable bonds is 7. The molecule has 2 N–H and O–H groups in total. The van der Waals surface area contributed by atoms with Crippen LogP contribution in [0.2, 0.25) is 0 Å². The second kappa shape index (κ2) is 8.60. The predicted octanol–water partition coefficient (Wildman–Crippen LogP) is 2.67. The summed E-state index contributed by atoms with van der Waals surface area (Å²) in [5.41, 5.74) is 0.900. The van der Waals surface area contributed by atoms with Gasteiger partial charge in [0.15, 0.2) is 0 Å². The van der Waals surface area contributed by atoms with Crippen molar-refractivity contribution in [3.8, 4) is 0 Å². The van der Waals surface area contributed by atoms with E-state index >= 15 is 0 Å². The highest BCUT2D eigenvalue weighted by molar-refractivity contribution is 5.75. The van der Waals surface area contributed by atoms with Gasteiger partial charge in [-0.15, -0.1) is 5.10 Å². The molecule has 1 aromatic heterocycles. The Morgan fingerprint density at radius 2 is 2.00 bits per heavy atom. The number of hydrogen-bond acceptors (Lipinski definition) is 4. The Labute approximate surface area is 126 Å². The Balaban J connectivity index is 1.53. The summed E-state index contributed by atoms with van der Waals surface area (Å²) in [6.07, 6.45) is 8.37. The third-order valence-corrected chi connectivity index (χ3v) is 4.06. The number of aromatic nitrogens is 2. The van der Waals surface area contributed by atoms with Gasteiger partial charge in [-0.1, -0.05) is 32.1 Å². The summed E-state index contributed by atoms with van der Waals surface area (Å²) in [4.78, 5) is 11.8. The van der Waals surface area contributed by atoms with Gasteiger partial charge in [0.25, 0.3) is 0 Å². The second-order valence-corrected chi connectivity index (χ2v) is 5.88. The van der Waals surface area contributed by atoms with Gasteiger partial charge >= 0.3 is 0 Å². The van der Waals surface area contributed by atoms with Crippen LogP contribution in [0.4, 0.5) is 5.82 Å². The maximum absolute atomic E-state index is 11.8. The molecule has 0 bridgehead atoms. The molecule has 0 radical (unpaired) electrons. The van der Waals surface area contributed by atoms with E-state index < -0.39 is 0 Å². The van der Waals surface area contributed by atoms with Gasteiger partial charge in [0.2, 0.25) is 5.91 Å². The van der Waals surface area contributed by atoms with E-state index in [2.05, 4.69) is 20.8 Å². The zero-order valence-corrected chi connectivity index (χ0v) is 12.9. The van der Waals surface area contributed by atoms with E-state index in [9.17, 15) is 4.79 Å². The minimum Gasteiger partial charge on any atom is -0.367 e. The van der Waals surface area contributed by atoms with E-state index in [-0.39, 0.29) is 5.91 Å². The van der Waals surface area contributed by atoms with Gasteiger partial charge in [0, 0.05) is 19.5 Å². The van der Waals surface area contributed by atoms with Gasteiger partial charge < -0.3 is 10.6 Å². The lowest BCUT2D eigenvalue weighted by atomic mass is 9.86. The number of anilines is 1. The summed E-state index contributed by atoms with van der Waals surface area (Å²) in [7, 11) is 0. The van der Waals surface area contributed by atoms with Gasteiger partial charge in [0.1, 0.15) is 5.82 Å². The van der Waals surface area contributed by atoms with Gasteiger partial charge in [-0.25, -0.2) is 0 Å². The molecule has 21 heavy (non-hydrogen) atoms. The molecule has 2 rings (SSSR count). The summed E-state index contributed by atoms with van der Waals surface area (Å²) < 4.78 is 0. The van der Waals surface area contributed by atoms with Crippen molar-refractivity contribution >= 4 is 11.7 Å². The smallest absolute Gasteiger partial charge is 0.220 e. The van der Waals surface area contributed by atoms with Crippen molar-refractivity contribution in [2.24, 2.45) is 5.92 Å². The molecule has 1 heterocycles. The van der Waals surface area contributed by atoms with Crippen LogP contribution in [0.25, 0.3) is 0 Å².